The molecule has 4 nitrogen and oxygen atoms in total. The molecule has 0 bridgehead atoms. The van der Waals surface area contributed by atoms with E-state index in [1.54, 1.807) is 0 Å². The van der Waals surface area contributed by atoms with Gasteiger partial charge < -0.3 is 15.0 Å². The van der Waals surface area contributed by atoms with Crippen molar-refractivity contribution in [2.75, 3.05) is 29.9 Å². The van der Waals surface area contributed by atoms with Gasteiger partial charge in [0.15, 0.2) is 0 Å². The molecule has 0 aliphatic carbocycles. The Hall–Kier alpha value is -1.55. The lowest BCUT2D eigenvalue weighted by atomic mass is 9.93. The molecule has 1 N–H and O–H groups in total. The molecular weight excluding hydrogens is 276 g/mol. The van der Waals surface area contributed by atoms with Crippen molar-refractivity contribution in [3.63, 3.8) is 0 Å². The van der Waals surface area contributed by atoms with E-state index < -0.39 is 0 Å². The van der Waals surface area contributed by atoms with E-state index in [1.165, 1.54) is 0 Å². The van der Waals surface area contributed by atoms with Crippen LogP contribution in [0.1, 0.15) is 33.1 Å². The van der Waals surface area contributed by atoms with Gasteiger partial charge in [0.1, 0.15) is 0 Å². The first-order chi connectivity index (χ1) is 10.7. The summed E-state index contributed by atoms with van der Waals surface area (Å²) in [6.07, 6.45) is 3.73. The number of hydrogen-bond acceptors (Lipinski definition) is 3. The zero-order chi connectivity index (χ0) is 15.5. The predicted molar refractivity (Wildman–Crippen MR) is 89.2 cm³/mol. The number of anilines is 2. The highest BCUT2D eigenvalue weighted by atomic mass is 16.5. The zero-order valence-corrected chi connectivity index (χ0v) is 13.5. The van der Waals surface area contributed by atoms with E-state index in [9.17, 15) is 4.79 Å². The summed E-state index contributed by atoms with van der Waals surface area (Å²) >= 11 is 0. The highest BCUT2D eigenvalue weighted by Gasteiger charge is 2.28. The minimum absolute atomic E-state index is 0.00853. The summed E-state index contributed by atoms with van der Waals surface area (Å²) in [5, 5.41) is 3.05. The molecule has 0 aromatic heterocycles. The van der Waals surface area contributed by atoms with Crippen LogP contribution in [0.4, 0.5) is 11.4 Å². The summed E-state index contributed by atoms with van der Waals surface area (Å²) < 4.78 is 5.79. The fourth-order valence-electron chi connectivity index (χ4n) is 3.52. The van der Waals surface area contributed by atoms with Crippen LogP contribution in [0.2, 0.25) is 0 Å². The highest BCUT2D eigenvalue weighted by molar-refractivity contribution is 5.97. The van der Waals surface area contributed by atoms with Gasteiger partial charge >= 0.3 is 0 Å². The summed E-state index contributed by atoms with van der Waals surface area (Å²) in [6.45, 7) is 6.87. The van der Waals surface area contributed by atoms with Crippen molar-refractivity contribution >= 4 is 17.3 Å². The second kappa shape index (κ2) is 6.69. The van der Waals surface area contributed by atoms with Gasteiger partial charge in [-0.1, -0.05) is 26.0 Å². The Bertz CT molecular complexity index is 532. The lowest BCUT2D eigenvalue weighted by molar-refractivity contribution is -0.119. The van der Waals surface area contributed by atoms with Gasteiger partial charge in [-0.2, -0.15) is 0 Å². The van der Waals surface area contributed by atoms with E-state index in [0.29, 0.717) is 12.0 Å². The van der Waals surface area contributed by atoms with Crippen molar-refractivity contribution in [2.24, 2.45) is 11.8 Å². The molecule has 1 aromatic rings. The second-order valence-electron chi connectivity index (χ2n) is 6.60. The number of para-hydroxylation sites is 2. The Morgan fingerprint density at radius 3 is 3.00 bits per heavy atom. The van der Waals surface area contributed by atoms with Gasteiger partial charge in [-0.05, 0) is 37.3 Å². The molecule has 120 valence electrons. The number of carbonyl (C=O) groups excluding carboxylic acids is 1. The van der Waals surface area contributed by atoms with Crippen molar-refractivity contribution in [1.82, 2.24) is 0 Å². The molecule has 2 aliphatic rings. The molecule has 3 atom stereocenters. The molecule has 0 spiro atoms. The molecule has 3 rings (SSSR count). The van der Waals surface area contributed by atoms with Crippen LogP contribution in [0.3, 0.4) is 0 Å². The van der Waals surface area contributed by atoms with Gasteiger partial charge in [-0.3, -0.25) is 4.79 Å². The van der Waals surface area contributed by atoms with Crippen LogP contribution in [0, 0.1) is 11.8 Å². The number of amides is 1. The maximum atomic E-state index is 12.2. The molecule has 1 amide bonds. The topological polar surface area (TPSA) is 41.6 Å². The van der Waals surface area contributed by atoms with Crippen LogP contribution in [-0.2, 0) is 9.53 Å². The lowest BCUT2D eigenvalue weighted by Crippen LogP contribution is -2.38. The summed E-state index contributed by atoms with van der Waals surface area (Å²) in [4.78, 5) is 14.5. The van der Waals surface area contributed by atoms with Crippen molar-refractivity contribution in [3.05, 3.63) is 24.3 Å². The van der Waals surface area contributed by atoms with E-state index in [0.717, 1.165) is 50.3 Å². The average Bonchev–Trinajstić information content (AvgIpc) is 2.65. The molecule has 0 saturated carbocycles. The van der Waals surface area contributed by atoms with Crippen molar-refractivity contribution < 1.29 is 9.53 Å². The number of benzene rings is 1. The van der Waals surface area contributed by atoms with Gasteiger partial charge in [-0.25, -0.2) is 0 Å². The van der Waals surface area contributed by atoms with E-state index in [2.05, 4.69) is 23.2 Å². The average molecular weight is 302 g/mol. The standard InChI is InChI=1S/C18H26N2O2/c1-3-15-10-14(8-9-22-15)12-20-11-13(2)18(21)19-16-6-4-5-7-17(16)20/h4-7,13-15H,3,8-12H2,1-2H3,(H,19,21). The molecule has 4 heteroatoms. The molecule has 1 saturated heterocycles. The van der Waals surface area contributed by atoms with Gasteiger partial charge in [0.05, 0.1) is 23.4 Å². The maximum Gasteiger partial charge on any atom is 0.229 e. The predicted octanol–water partition coefficient (Wildman–Crippen LogP) is 3.29. The Balaban J connectivity index is 1.78. The molecule has 3 unspecified atom stereocenters. The van der Waals surface area contributed by atoms with Gasteiger partial charge in [-0.15, -0.1) is 0 Å². The van der Waals surface area contributed by atoms with Crippen molar-refractivity contribution in [2.45, 2.75) is 39.2 Å². The van der Waals surface area contributed by atoms with Crippen LogP contribution < -0.4 is 10.2 Å². The first-order valence-electron chi connectivity index (χ1n) is 8.43. The maximum absolute atomic E-state index is 12.2. The summed E-state index contributed by atoms with van der Waals surface area (Å²) in [5.41, 5.74) is 2.09. The summed E-state index contributed by atoms with van der Waals surface area (Å²) in [5.74, 6) is 0.773. The minimum atomic E-state index is 0.00853. The van der Waals surface area contributed by atoms with E-state index in [-0.39, 0.29) is 11.8 Å². The molecule has 1 fully saturated rings. The number of rotatable bonds is 3. The summed E-state index contributed by atoms with van der Waals surface area (Å²) in [6, 6.07) is 8.14. The number of carbonyl (C=O) groups is 1. The number of nitrogens with zero attached hydrogens (tertiary/aromatic N) is 1. The van der Waals surface area contributed by atoms with Crippen molar-refractivity contribution in [3.8, 4) is 0 Å². The van der Waals surface area contributed by atoms with E-state index >= 15 is 0 Å². The number of hydrogen-bond donors (Lipinski definition) is 1. The largest absolute Gasteiger partial charge is 0.378 e. The van der Waals surface area contributed by atoms with Crippen LogP contribution in [-0.4, -0.2) is 31.7 Å². The normalized spacial score (nSPS) is 28.7. The SMILES string of the molecule is CCC1CC(CN2CC(C)C(=O)Nc3ccccc32)CCO1. The van der Waals surface area contributed by atoms with Crippen LogP contribution in [0.15, 0.2) is 24.3 Å². The number of nitrogens with one attached hydrogen (secondary N) is 1. The molecule has 0 radical (unpaired) electrons. The highest BCUT2D eigenvalue weighted by Crippen LogP contribution is 2.32. The Labute approximate surface area is 132 Å². The molecular formula is C18H26N2O2. The van der Waals surface area contributed by atoms with Gasteiger partial charge in [0.25, 0.3) is 0 Å². The lowest BCUT2D eigenvalue weighted by Gasteiger charge is -2.34. The fraction of sp³-hybridized carbons (Fsp3) is 0.611. The first kappa shape index (κ1) is 15.3. The Morgan fingerprint density at radius 2 is 2.18 bits per heavy atom. The number of fused-ring (bicyclic) bond motifs is 1. The Kier molecular flexibility index (Phi) is 4.67. The van der Waals surface area contributed by atoms with Crippen molar-refractivity contribution in [1.29, 1.82) is 0 Å². The fourth-order valence-corrected chi connectivity index (χ4v) is 3.52. The third kappa shape index (κ3) is 3.27. The third-order valence-electron chi connectivity index (χ3n) is 4.85. The monoisotopic (exact) mass is 302 g/mol. The molecule has 2 heterocycles. The van der Waals surface area contributed by atoms with Gasteiger partial charge in [0.2, 0.25) is 5.91 Å². The smallest absolute Gasteiger partial charge is 0.229 e. The van der Waals surface area contributed by atoms with E-state index in [4.69, 9.17) is 4.74 Å². The second-order valence-corrected chi connectivity index (χ2v) is 6.60. The molecule has 1 aromatic carbocycles. The van der Waals surface area contributed by atoms with Gasteiger partial charge in [0, 0.05) is 19.7 Å². The zero-order valence-electron chi connectivity index (χ0n) is 13.5. The van der Waals surface area contributed by atoms with Crippen LogP contribution >= 0.6 is 0 Å². The Morgan fingerprint density at radius 1 is 1.36 bits per heavy atom. The minimum Gasteiger partial charge on any atom is -0.378 e. The molecule has 22 heavy (non-hydrogen) atoms. The quantitative estimate of drug-likeness (QED) is 0.931. The van der Waals surface area contributed by atoms with Crippen LogP contribution in [0.25, 0.3) is 0 Å². The van der Waals surface area contributed by atoms with Crippen LogP contribution in [0.5, 0.6) is 0 Å². The van der Waals surface area contributed by atoms with E-state index in [1.807, 2.05) is 25.1 Å². The third-order valence-corrected chi connectivity index (χ3v) is 4.85. The molecule has 2 aliphatic heterocycles. The number of ether oxygens (including phenoxy) is 1. The first-order valence-corrected chi connectivity index (χ1v) is 8.43. The summed E-state index contributed by atoms with van der Waals surface area (Å²) in [7, 11) is 0.